The lowest BCUT2D eigenvalue weighted by Gasteiger charge is -2.00. The van der Waals surface area contributed by atoms with Crippen molar-refractivity contribution in [3.8, 4) is 5.75 Å². The Bertz CT molecular complexity index is 660. The molecule has 0 atom stereocenters. The van der Waals surface area contributed by atoms with Crippen molar-refractivity contribution >= 4 is 12.1 Å². The summed E-state index contributed by atoms with van der Waals surface area (Å²) in [5.41, 5.74) is 1.88. The number of nitrogens with zero attached hydrogens (tertiary/aromatic N) is 2. The van der Waals surface area contributed by atoms with E-state index in [1.54, 1.807) is 7.11 Å². The molecule has 112 valence electrons. The molecule has 1 amide bonds. The molecule has 0 spiro atoms. The minimum absolute atomic E-state index is 0.184. The first-order valence-corrected chi connectivity index (χ1v) is 6.74. The lowest BCUT2D eigenvalue weighted by molar-refractivity contribution is 0.151. The van der Waals surface area contributed by atoms with Gasteiger partial charge in [0.2, 0.25) is 0 Å². The number of carbonyl (C=O) groups is 1. The van der Waals surface area contributed by atoms with Crippen molar-refractivity contribution in [2.24, 2.45) is 9.98 Å². The van der Waals surface area contributed by atoms with E-state index >= 15 is 0 Å². The first-order valence-electron chi connectivity index (χ1n) is 6.74. The van der Waals surface area contributed by atoms with Crippen molar-refractivity contribution in [2.75, 3.05) is 7.11 Å². The van der Waals surface area contributed by atoms with Gasteiger partial charge in [0, 0.05) is 0 Å². The average Bonchev–Trinajstić information content (AvgIpc) is 2.58. The SMILES string of the molecule is COc1ccc(CN=C=NC(=O)OCc2ccccc2)cc1. The minimum atomic E-state index is -0.706. The van der Waals surface area contributed by atoms with Crippen LogP contribution >= 0.6 is 0 Å². The van der Waals surface area contributed by atoms with Crippen LogP contribution in [0.3, 0.4) is 0 Å². The van der Waals surface area contributed by atoms with Crippen LogP contribution in [0.4, 0.5) is 4.79 Å². The Morgan fingerprint density at radius 1 is 1.05 bits per heavy atom. The maximum Gasteiger partial charge on any atom is 0.443 e. The van der Waals surface area contributed by atoms with Crippen molar-refractivity contribution in [3.63, 3.8) is 0 Å². The van der Waals surface area contributed by atoms with E-state index in [2.05, 4.69) is 16.0 Å². The van der Waals surface area contributed by atoms with Gasteiger partial charge in [-0.05, 0) is 23.3 Å². The van der Waals surface area contributed by atoms with E-state index in [-0.39, 0.29) is 6.61 Å². The zero-order chi connectivity index (χ0) is 15.6. The van der Waals surface area contributed by atoms with E-state index in [9.17, 15) is 4.79 Å². The number of methoxy groups -OCH3 is 1. The number of rotatable bonds is 5. The Kier molecular flexibility index (Phi) is 5.91. The second kappa shape index (κ2) is 8.39. The Labute approximate surface area is 128 Å². The van der Waals surface area contributed by atoms with Crippen LogP contribution in [0.25, 0.3) is 0 Å². The molecule has 0 aromatic heterocycles. The topological polar surface area (TPSA) is 60.2 Å². The third kappa shape index (κ3) is 5.23. The maximum atomic E-state index is 11.4. The number of aliphatic imine (C=N–C) groups is 2. The standard InChI is InChI=1S/C17H16N2O3/c1-21-16-9-7-14(8-10-16)11-18-13-19-17(20)22-12-15-5-3-2-4-6-15/h2-10H,11-12H2,1H3. The second-order valence-electron chi connectivity index (χ2n) is 4.42. The van der Waals surface area contributed by atoms with Gasteiger partial charge < -0.3 is 9.47 Å². The third-order valence-electron chi connectivity index (χ3n) is 2.84. The molecule has 0 saturated carbocycles. The van der Waals surface area contributed by atoms with Gasteiger partial charge in [-0.3, -0.25) is 0 Å². The smallest absolute Gasteiger partial charge is 0.443 e. The second-order valence-corrected chi connectivity index (χ2v) is 4.42. The van der Waals surface area contributed by atoms with Crippen molar-refractivity contribution < 1.29 is 14.3 Å². The molecular weight excluding hydrogens is 280 g/mol. The largest absolute Gasteiger partial charge is 0.497 e. The fourth-order valence-corrected chi connectivity index (χ4v) is 1.69. The highest BCUT2D eigenvalue weighted by Gasteiger charge is 1.98. The van der Waals surface area contributed by atoms with Crippen LogP contribution < -0.4 is 4.74 Å². The zero-order valence-corrected chi connectivity index (χ0v) is 12.2. The molecule has 0 radical (unpaired) electrons. The Balaban J connectivity index is 1.78. The predicted octanol–water partition coefficient (Wildman–Crippen LogP) is 3.71. The molecule has 0 fully saturated rings. The van der Waals surface area contributed by atoms with Gasteiger partial charge in [0.1, 0.15) is 18.4 Å². The Morgan fingerprint density at radius 3 is 2.45 bits per heavy atom. The first kappa shape index (κ1) is 15.5. The molecule has 22 heavy (non-hydrogen) atoms. The number of hydrogen-bond acceptors (Lipinski definition) is 4. The van der Waals surface area contributed by atoms with Crippen molar-refractivity contribution in [1.82, 2.24) is 0 Å². The number of hydrogen-bond donors (Lipinski definition) is 0. The molecule has 0 saturated heterocycles. The van der Waals surface area contributed by atoms with Crippen LogP contribution in [0.2, 0.25) is 0 Å². The predicted molar refractivity (Wildman–Crippen MR) is 83.2 cm³/mol. The number of ether oxygens (including phenoxy) is 2. The van der Waals surface area contributed by atoms with Crippen molar-refractivity contribution in [3.05, 3.63) is 65.7 Å². The summed E-state index contributed by atoms with van der Waals surface area (Å²) >= 11 is 0. The molecule has 2 aromatic rings. The summed E-state index contributed by atoms with van der Waals surface area (Å²) in [6.07, 6.45) is -0.706. The van der Waals surface area contributed by atoms with Crippen LogP contribution in [0.15, 0.2) is 64.6 Å². The molecular formula is C17H16N2O3. The molecule has 2 aromatic carbocycles. The molecule has 5 heteroatoms. The highest BCUT2D eigenvalue weighted by atomic mass is 16.5. The maximum absolute atomic E-state index is 11.4. The number of benzene rings is 2. The molecule has 0 N–H and O–H groups in total. The van der Waals surface area contributed by atoms with Crippen molar-refractivity contribution in [1.29, 1.82) is 0 Å². The lowest BCUT2D eigenvalue weighted by Crippen LogP contribution is -1.98. The van der Waals surface area contributed by atoms with Gasteiger partial charge in [0.25, 0.3) is 0 Å². The van der Waals surface area contributed by atoms with Gasteiger partial charge >= 0.3 is 6.09 Å². The van der Waals surface area contributed by atoms with Gasteiger partial charge in [0.05, 0.1) is 13.7 Å². The summed E-state index contributed by atoms with van der Waals surface area (Å²) in [4.78, 5) is 18.8. The average molecular weight is 296 g/mol. The van der Waals surface area contributed by atoms with E-state index in [1.165, 1.54) is 0 Å². The van der Waals surface area contributed by atoms with E-state index < -0.39 is 6.09 Å². The van der Waals surface area contributed by atoms with Crippen LogP contribution in [-0.2, 0) is 17.9 Å². The molecule has 0 unspecified atom stereocenters. The Morgan fingerprint density at radius 2 is 1.77 bits per heavy atom. The quantitative estimate of drug-likeness (QED) is 0.790. The first-order chi connectivity index (χ1) is 10.8. The summed E-state index contributed by atoms with van der Waals surface area (Å²) in [6.45, 7) is 0.572. The molecule has 0 aliphatic carbocycles. The summed E-state index contributed by atoms with van der Waals surface area (Å²) in [5, 5.41) is 0. The molecule has 0 bridgehead atoms. The third-order valence-corrected chi connectivity index (χ3v) is 2.84. The summed E-state index contributed by atoms with van der Waals surface area (Å²) in [5.74, 6) is 0.783. The van der Waals surface area contributed by atoms with E-state index in [0.29, 0.717) is 6.54 Å². The highest BCUT2D eigenvalue weighted by molar-refractivity contribution is 5.75. The van der Waals surface area contributed by atoms with Gasteiger partial charge in [0.15, 0.2) is 0 Å². The molecule has 0 aliphatic rings. The summed E-state index contributed by atoms with van der Waals surface area (Å²) in [7, 11) is 1.61. The van der Waals surface area contributed by atoms with Crippen LogP contribution in [0.5, 0.6) is 5.75 Å². The molecule has 2 rings (SSSR count). The van der Waals surface area contributed by atoms with Crippen LogP contribution in [-0.4, -0.2) is 19.2 Å². The zero-order valence-electron chi connectivity index (χ0n) is 12.2. The highest BCUT2D eigenvalue weighted by Crippen LogP contribution is 2.11. The van der Waals surface area contributed by atoms with E-state index in [4.69, 9.17) is 9.47 Å². The van der Waals surface area contributed by atoms with Gasteiger partial charge in [-0.1, -0.05) is 42.5 Å². The van der Waals surface area contributed by atoms with E-state index in [1.807, 2.05) is 54.6 Å². The van der Waals surface area contributed by atoms with Crippen LogP contribution in [0.1, 0.15) is 11.1 Å². The Hall–Kier alpha value is -2.91. The van der Waals surface area contributed by atoms with Gasteiger partial charge in [-0.15, -0.1) is 4.99 Å². The molecule has 0 heterocycles. The van der Waals surface area contributed by atoms with Gasteiger partial charge in [-0.25, -0.2) is 9.79 Å². The van der Waals surface area contributed by atoms with Gasteiger partial charge in [-0.2, -0.15) is 0 Å². The van der Waals surface area contributed by atoms with E-state index in [0.717, 1.165) is 16.9 Å². The molecule has 0 aliphatic heterocycles. The molecule has 5 nitrogen and oxygen atoms in total. The number of amides is 1. The summed E-state index contributed by atoms with van der Waals surface area (Å²) in [6, 6.07) is 19.2. The number of carbonyl (C=O) groups excluding carboxylic acids is 1. The lowest BCUT2D eigenvalue weighted by atomic mass is 10.2. The van der Waals surface area contributed by atoms with Crippen LogP contribution in [0, 0.1) is 0 Å². The fraction of sp³-hybridized carbons (Fsp3) is 0.176. The summed E-state index contributed by atoms with van der Waals surface area (Å²) < 4.78 is 10.0. The normalized spacial score (nSPS) is 9.50. The fourth-order valence-electron chi connectivity index (χ4n) is 1.69. The monoisotopic (exact) mass is 296 g/mol. The minimum Gasteiger partial charge on any atom is -0.497 e. The van der Waals surface area contributed by atoms with Crippen molar-refractivity contribution in [2.45, 2.75) is 13.2 Å².